The Morgan fingerprint density at radius 3 is 3.19 bits per heavy atom. The molecule has 1 atom stereocenters. The molecule has 3 nitrogen and oxygen atoms in total. The van der Waals surface area contributed by atoms with Crippen LogP contribution in [-0.4, -0.2) is 17.6 Å². The highest BCUT2D eigenvalue weighted by atomic mass is 32.1. The SMILES string of the molecule is c1cncc(CC2CNc3cscc3N2)c1. The minimum absolute atomic E-state index is 0.450. The Bertz CT molecular complexity index is 466. The monoisotopic (exact) mass is 231 g/mol. The van der Waals surface area contributed by atoms with Gasteiger partial charge in [-0.1, -0.05) is 6.07 Å². The third kappa shape index (κ3) is 1.88. The van der Waals surface area contributed by atoms with Crippen molar-refractivity contribution in [3.05, 3.63) is 40.8 Å². The lowest BCUT2D eigenvalue weighted by molar-refractivity contribution is 0.733. The van der Waals surface area contributed by atoms with Gasteiger partial charge in [0.25, 0.3) is 0 Å². The molecule has 4 heteroatoms. The van der Waals surface area contributed by atoms with E-state index in [1.54, 1.807) is 11.3 Å². The van der Waals surface area contributed by atoms with Crippen molar-refractivity contribution in [1.82, 2.24) is 4.98 Å². The average Bonchev–Trinajstić information content (AvgIpc) is 2.77. The predicted octanol–water partition coefficient (Wildman–Crippen LogP) is 2.59. The first-order valence-electron chi connectivity index (χ1n) is 5.37. The topological polar surface area (TPSA) is 37.0 Å². The second-order valence-electron chi connectivity index (χ2n) is 3.99. The first-order chi connectivity index (χ1) is 7.92. The minimum atomic E-state index is 0.450. The molecule has 0 aliphatic carbocycles. The van der Waals surface area contributed by atoms with Gasteiger partial charge in [0, 0.05) is 35.7 Å². The molecule has 16 heavy (non-hydrogen) atoms. The van der Waals surface area contributed by atoms with Crippen LogP contribution in [0.25, 0.3) is 0 Å². The zero-order chi connectivity index (χ0) is 10.8. The summed E-state index contributed by atoms with van der Waals surface area (Å²) in [6, 6.07) is 4.56. The van der Waals surface area contributed by atoms with Crippen molar-refractivity contribution in [1.29, 1.82) is 0 Å². The predicted molar refractivity (Wildman–Crippen MR) is 68.2 cm³/mol. The van der Waals surface area contributed by atoms with E-state index < -0.39 is 0 Å². The van der Waals surface area contributed by atoms with Gasteiger partial charge in [-0.25, -0.2) is 0 Å². The van der Waals surface area contributed by atoms with Gasteiger partial charge in [-0.15, -0.1) is 11.3 Å². The van der Waals surface area contributed by atoms with E-state index >= 15 is 0 Å². The fourth-order valence-electron chi connectivity index (χ4n) is 1.98. The summed E-state index contributed by atoms with van der Waals surface area (Å²) in [6.45, 7) is 0.971. The molecular formula is C12H13N3S. The number of rotatable bonds is 2. The Balaban J connectivity index is 1.71. The van der Waals surface area contributed by atoms with Gasteiger partial charge in [-0.3, -0.25) is 4.98 Å². The summed E-state index contributed by atoms with van der Waals surface area (Å²) >= 11 is 1.73. The summed E-state index contributed by atoms with van der Waals surface area (Å²) in [5, 5.41) is 11.3. The van der Waals surface area contributed by atoms with Crippen LogP contribution in [0, 0.1) is 0 Å². The summed E-state index contributed by atoms with van der Waals surface area (Å²) in [5.41, 5.74) is 3.73. The maximum atomic E-state index is 4.14. The first-order valence-corrected chi connectivity index (χ1v) is 6.31. The normalized spacial score (nSPS) is 18.4. The lowest BCUT2D eigenvalue weighted by Gasteiger charge is -2.26. The molecule has 1 aliphatic heterocycles. The average molecular weight is 231 g/mol. The van der Waals surface area contributed by atoms with Crippen molar-refractivity contribution in [2.45, 2.75) is 12.5 Å². The van der Waals surface area contributed by atoms with Crippen molar-refractivity contribution >= 4 is 22.7 Å². The summed E-state index contributed by atoms with van der Waals surface area (Å²) < 4.78 is 0. The highest BCUT2D eigenvalue weighted by Crippen LogP contribution is 2.30. The quantitative estimate of drug-likeness (QED) is 0.834. The van der Waals surface area contributed by atoms with E-state index in [0.717, 1.165) is 13.0 Å². The number of aromatic nitrogens is 1. The van der Waals surface area contributed by atoms with Gasteiger partial charge in [0.2, 0.25) is 0 Å². The molecule has 2 aromatic heterocycles. The Kier molecular flexibility index (Phi) is 2.50. The van der Waals surface area contributed by atoms with E-state index in [2.05, 4.69) is 32.4 Å². The van der Waals surface area contributed by atoms with Crippen LogP contribution in [-0.2, 0) is 6.42 Å². The van der Waals surface area contributed by atoms with E-state index in [9.17, 15) is 0 Å². The maximum Gasteiger partial charge on any atom is 0.0687 e. The second kappa shape index (κ2) is 4.14. The first kappa shape index (κ1) is 9.66. The lowest BCUT2D eigenvalue weighted by atomic mass is 10.1. The molecule has 3 heterocycles. The zero-order valence-corrected chi connectivity index (χ0v) is 9.63. The number of anilines is 2. The highest BCUT2D eigenvalue weighted by Gasteiger charge is 2.17. The Morgan fingerprint density at radius 2 is 2.31 bits per heavy atom. The van der Waals surface area contributed by atoms with Crippen LogP contribution in [0.3, 0.4) is 0 Å². The van der Waals surface area contributed by atoms with Gasteiger partial charge in [-0.2, -0.15) is 0 Å². The molecular weight excluding hydrogens is 218 g/mol. The second-order valence-corrected chi connectivity index (χ2v) is 4.73. The van der Waals surface area contributed by atoms with Crippen LogP contribution in [0.2, 0.25) is 0 Å². The van der Waals surface area contributed by atoms with E-state index in [4.69, 9.17) is 0 Å². The van der Waals surface area contributed by atoms with Crippen molar-refractivity contribution in [3.63, 3.8) is 0 Å². The molecule has 1 unspecified atom stereocenters. The molecule has 82 valence electrons. The number of nitrogens with zero attached hydrogens (tertiary/aromatic N) is 1. The molecule has 0 aromatic carbocycles. The third-order valence-corrected chi connectivity index (χ3v) is 3.51. The number of nitrogens with one attached hydrogen (secondary N) is 2. The van der Waals surface area contributed by atoms with Gasteiger partial charge in [0.1, 0.15) is 0 Å². The molecule has 0 spiro atoms. The fraction of sp³-hybridized carbons (Fsp3) is 0.250. The number of hydrogen-bond acceptors (Lipinski definition) is 4. The number of pyridine rings is 1. The standard InChI is InChI=1S/C12H13N3S/c1-2-9(5-13-3-1)4-10-6-14-11-7-16-8-12(11)15-10/h1-3,5,7-8,10,14-15H,4,6H2. The minimum Gasteiger partial charge on any atom is -0.381 e. The molecule has 0 saturated heterocycles. The van der Waals surface area contributed by atoms with E-state index in [1.807, 2.05) is 18.5 Å². The van der Waals surface area contributed by atoms with Gasteiger partial charge < -0.3 is 10.6 Å². The Hall–Kier alpha value is -1.55. The van der Waals surface area contributed by atoms with E-state index in [0.29, 0.717) is 6.04 Å². The van der Waals surface area contributed by atoms with Crippen molar-refractivity contribution in [3.8, 4) is 0 Å². The zero-order valence-electron chi connectivity index (χ0n) is 8.81. The van der Waals surface area contributed by atoms with Crippen LogP contribution in [0.5, 0.6) is 0 Å². The van der Waals surface area contributed by atoms with Gasteiger partial charge in [0.05, 0.1) is 11.4 Å². The summed E-state index contributed by atoms with van der Waals surface area (Å²) in [4.78, 5) is 4.14. The van der Waals surface area contributed by atoms with Gasteiger partial charge in [0.15, 0.2) is 0 Å². The van der Waals surface area contributed by atoms with Gasteiger partial charge in [-0.05, 0) is 18.1 Å². The summed E-state index contributed by atoms with van der Waals surface area (Å²) in [5.74, 6) is 0. The molecule has 0 saturated carbocycles. The molecule has 0 radical (unpaired) electrons. The highest BCUT2D eigenvalue weighted by molar-refractivity contribution is 7.09. The summed E-state index contributed by atoms with van der Waals surface area (Å²) in [6.07, 6.45) is 4.76. The Morgan fingerprint density at radius 1 is 1.38 bits per heavy atom. The van der Waals surface area contributed by atoms with E-state index in [-0.39, 0.29) is 0 Å². The van der Waals surface area contributed by atoms with Crippen molar-refractivity contribution in [2.75, 3.05) is 17.2 Å². The lowest BCUT2D eigenvalue weighted by Crippen LogP contribution is -2.34. The molecule has 1 aliphatic rings. The van der Waals surface area contributed by atoms with Crippen molar-refractivity contribution < 1.29 is 0 Å². The number of thiophene rings is 1. The van der Waals surface area contributed by atoms with Crippen LogP contribution >= 0.6 is 11.3 Å². The molecule has 0 bridgehead atoms. The van der Waals surface area contributed by atoms with Crippen LogP contribution < -0.4 is 10.6 Å². The maximum absolute atomic E-state index is 4.14. The van der Waals surface area contributed by atoms with Gasteiger partial charge >= 0.3 is 0 Å². The number of fused-ring (bicyclic) bond motifs is 1. The van der Waals surface area contributed by atoms with E-state index in [1.165, 1.54) is 16.9 Å². The third-order valence-electron chi connectivity index (χ3n) is 2.77. The van der Waals surface area contributed by atoms with Crippen LogP contribution in [0.4, 0.5) is 11.4 Å². The van der Waals surface area contributed by atoms with Crippen LogP contribution in [0.1, 0.15) is 5.56 Å². The van der Waals surface area contributed by atoms with Crippen LogP contribution in [0.15, 0.2) is 35.3 Å². The molecule has 2 aromatic rings. The Labute approximate surface area is 98.5 Å². The molecule has 0 fully saturated rings. The smallest absolute Gasteiger partial charge is 0.0687 e. The summed E-state index contributed by atoms with van der Waals surface area (Å²) in [7, 11) is 0. The molecule has 3 rings (SSSR count). The molecule has 2 N–H and O–H groups in total. The number of hydrogen-bond donors (Lipinski definition) is 2. The van der Waals surface area contributed by atoms with Crippen molar-refractivity contribution in [2.24, 2.45) is 0 Å². The molecule has 0 amide bonds. The fourth-order valence-corrected chi connectivity index (χ4v) is 2.72. The largest absolute Gasteiger partial charge is 0.381 e.